The van der Waals surface area contributed by atoms with Gasteiger partial charge in [-0.15, -0.1) is 11.3 Å². The molecule has 0 bridgehead atoms. The van der Waals surface area contributed by atoms with E-state index in [2.05, 4.69) is 53.8 Å². The summed E-state index contributed by atoms with van der Waals surface area (Å²) < 4.78 is 0. The topological polar surface area (TPSA) is 61.4 Å². The SMILES string of the molecule is CC(C)(C)c1ccc(C(=O)NCC(=O)NCC(c2cccs2)N2CCCC2)cc1. The largest absolute Gasteiger partial charge is 0.353 e. The van der Waals surface area contributed by atoms with Crippen molar-refractivity contribution in [3.63, 3.8) is 0 Å². The third kappa shape index (κ3) is 5.90. The normalized spacial score (nSPS) is 15.8. The maximum Gasteiger partial charge on any atom is 0.251 e. The molecule has 2 N–H and O–H groups in total. The fourth-order valence-corrected chi connectivity index (χ4v) is 4.46. The summed E-state index contributed by atoms with van der Waals surface area (Å²) in [7, 11) is 0. The smallest absolute Gasteiger partial charge is 0.251 e. The predicted molar refractivity (Wildman–Crippen MR) is 118 cm³/mol. The Balaban J connectivity index is 1.49. The molecule has 2 heterocycles. The zero-order valence-electron chi connectivity index (χ0n) is 17.5. The first kappa shape index (κ1) is 21.5. The Hall–Kier alpha value is -2.18. The maximum atomic E-state index is 12.3. The molecule has 2 aromatic rings. The van der Waals surface area contributed by atoms with Crippen LogP contribution in [0.5, 0.6) is 0 Å². The number of nitrogens with one attached hydrogen (secondary N) is 2. The van der Waals surface area contributed by atoms with E-state index in [1.807, 2.05) is 24.3 Å². The number of hydrogen-bond acceptors (Lipinski definition) is 4. The zero-order chi connectivity index (χ0) is 20.9. The minimum Gasteiger partial charge on any atom is -0.353 e. The minimum absolute atomic E-state index is 0.0168. The van der Waals surface area contributed by atoms with Gasteiger partial charge in [0.05, 0.1) is 12.6 Å². The first-order chi connectivity index (χ1) is 13.8. The standard InChI is InChI=1S/C23H31N3O2S/c1-23(2,3)18-10-8-17(9-11-18)22(28)25-16-21(27)24-15-19(20-7-6-14-29-20)26-12-4-5-13-26/h6-11,14,19H,4-5,12-13,15-16H2,1-3H3,(H,24,27)(H,25,28). The van der Waals surface area contributed by atoms with Crippen molar-refractivity contribution < 1.29 is 9.59 Å². The van der Waals surface area contributed by atoms with Crippen LogP contribution < -0.4 is 10.6 Å². The fraction of sp³-hybridized carbons (Fsp3) is 0.478. The van der Waals surface area contributed by atoms with Crippen LogP contribution in [-0.2, 0) is 10.2 Å². The van der Waals surface area contributed by atoms with Gasteiger partial charge in [-0.25, -0.2) is 0 Å². The number of nitrogens with zero attached hydrogens (tertiary/aromatic N) is 1. The second-order valence-electron chi connectivity index (χ2n) is 8.59. The molecule has 3 rings (SSSR count). The second-order valence-corrected chi connectivity index (χ2v) is 9.57. The summed E-state index contributed by atoms with van der Waals surface area (Å²) in [5.74, 6) is -0.389. The van der Waals surface area contributed by atoms with E-state index in [0.29, 0.717) is 12.1 Å². The molecular weight excluding hydrogens is 382 g/mol. The van der Waals surface area contributed by atoms with Crippen LogP contribution in [0.3, 0.4) is 0 Å². The Morgan fingerprint density at radius 1 is 1.07 bits per heavy atom. The molecule has 1 aliphatic rings. The van der Waals surface area contributed by atoms with E-state index in [0.717, 1.165) is 13.1 Å². The van der Waals surface area contributed by atoms with Gasteiger partial charge in [0.25, 0.3) is 5.91 Å². The Morgan fingerprint density at radius 2 is 1.76 bits per heavy atom. The van der Waals surface area contributed by atoms with Gasteiger partial charge in [0, 0.05) is 17.0 Å². The molecule has 2 amide bonds. The van der Waals surface area contributed by atoms with Gasteiger partial charge in [-0.1, -0.05) is 39.0 Å². The van der Waals surface area contributed by atoms with Crippen LogP contribution in [-0.4, -0.2) is 42.9 Å². The molecule has 1 aliphatic heterocycles. The van der Waals surface area contributed by atoms with E-state index in [4.69, 9.17) is 0 Å². The summed E-state index contributed by atoms with van der Waals surface area (Å²) in [6, 6.07) is 12.0. The summed E-state index contributed by atoms with van der Waals surface area (Å²) in [6.07, 6.45) is 2.42. The van der Waals surface area contributed by atoms with Gasteiger partial charge >= 0.3 is 0 Å². The van der Waals surface area contributed by atoms with Gasteiger partial charge in [-0.2, -0.15) is 0 Å². The molecular formula is C23H31N3O2S. The van der Waals surface area contributed by atoms with Crippen LogP contribution in [0, 0.1) is 0 Å². The van der Waals surface area contributed by atoms with Gasteiger partial charge in [0.1, 0.15) is 0 Å². The Kier molecular flexibility index (Phi) is 7.09. The molecule has 1 fully saturated rings. The Labute approximate surface area is 177 Å². The van der Waals surface area contributed by atoms with Gasteiger partial charge < -0.3 is 10.6 Å². The first-order valence-electron chi connectivity index (χ1n) is 10.3. The lowest BCUT2D eigenvalue weighted by Crippen LogP contribution is -2.41. The van der Waals surface area contributed by atoms with Crippen molar-refractivity contribution in [1.29, 1.82) is 0 Å². The predicted octanol–water partition coefficient (Wildman–Crippen LogP) is 3.73. The lowest BCUT2D eigenvalue weighted by Gasteiger charge is -2.27. The van der Waals surface area contributed by atoms with E-state index in [-0.39, 0.29) is 29.8 Å². The van der Waals surface area contributed by atoms with Gasteiger partial charge in [-0.3, -0.25) is 14.5 Å². The van der Waals surface area contributed by atoms with Crippen molar-refractivity contribution in [1.82, 2.24) is 15.5 Å². The maximum absolute atomic E-state index is 12.3. The van der Waals surface area contributed by atoms with Gasteiger partial charge in [-0.05, 0) is 60.5 Å². The highest BCUT2D eigenvalue weighted by atomic mass is 32.1. The summed E-state index contributed by atoms with van der Waals surface area (Å²) >= 11 is 1.73. The lowest BCUT2D eigenvalue weighted by atomic mass is 9.87. The van der Waals surface area contributed by atoms with E-state index in [1.165, 1.54) is 23.3 Å². The number of likely N-dealkylation sites (tertiary alicyclic amines) is 1. The molecule has 0 saturated carbocycles. The molecule has 1 unspecified atom stereocenters. The van der Waals surface area contributed by atoms with E-state index < -0.39 is 0 Å². The number of rotatable bonds is 7. The number of amides is 2. The van der Waals surface area contributed by atoms with Crippen molar-refractivity contribution in [2.24, 2.45) is 0 Å². The fourth-order valence-electron chi connectivity index (χ4n) is 3.60. The van der Waals surface area contributed by atoms with Crippen molar-refractivity contribution in [2.45, 2.75) is 45.1 Å². The van der Waals surface area contributed by atoms with E-state index in [9.17, 15) is 9.59 Å². The summed E-state index contributed by atoms with van der Waals surface area (Å²) in [5, 5.41) is 7.79. The van der Waals surface area contributed by atoms with Crippen LogP contribution in [0.4, 0.5) is 0 Å². The Bertz CT molecular complexity index is 804. The van der Waals surface area contributed by atoms with Crippen molar-refractivity contribution in [3.05, 3.63) is 57.8 Å². The highest BCUT2D eigenvalue weighted by molar-refractivity contribution is 7.10. The third-order valence-corrected chi connectivity index (χ3v) is 6.34. The summed E-state index contributed by atoms with van der Waals surface area (Å²) in [4.78, 5) is 28.4. The molecule has 1 aromatic heterocycles. The quantitative estimate of drug-likeness (QED) is 0.727. The molecule has 0 aliphatic carbocycles. The molecule has 1 atom stereocenters. The highest BCUT2D eigenvalue weighted by Crippen LogP contribution is 2.27. The van der Waals surface area contributed by atoms with Crippen molar-refractivity contribution in [3.8, 4) is 0 Å². The summed E-state index contributed by atoms with van der Waals surface area (Å²) in [5.41, 5.74) is 1.79. The molecule has 0 spiro atoms. The second kappa shape index (κ2) is 9.55. The van der Waals surface area contributed by atoms with Crippen LogP contribution >= 0.6 is 11.3 Å². The van der Waals surface area contributed by atoms with Crippen LogP contribution in [0.1, 0.15) is 60.5 Å². The van der Waals surface area contributed by atoms with Gasteiger partial charge in [0.15, 0.2) is 0 Å². The summed E-state index contributed by atoms with van der Waals surface area (Å²) in [6.45, 7) is 9.10. The van der Waals surface area contributed by atoms with E-state index >= 15 is 0 Å². The van der Waals surface area contributed by atoms with Crippen LogP contribution in [0.2, 0.25) is 0 Å². The average molecular weight is 414 g/mol. The average Bonchev–Trinajstić information content (AvgIpc) is 3.40. The first-order valence-corrected chi connectivity index (χ1v) is 11.2. The number of carbonyl (C=O) groups excluding carboxylic acids is 2. The molecule has 29 heavy (non-hydrogen) atoms. The molecule has 156 valence electrons. The van der Waals surface area contributed by atoms with E-state index in [1.54, 1.807) is 11.3 Å². The van der Waals surface area contributed by atoms with Crippen LogP contribution in [0.15, 0.2) is 41.8 Å². The molecule has 6 heteroatoms. The highest BCUT2D eigenvalue weighted by Gasteiger charge is 2.24. The molecule has 0 radical (unpaired) electrons. The molecule has 5 nitrogen and oxygen atoms in total. The number of benzene rings is 1. The number of hydrogen-bond donors (Lipinski definition) is 2. The molecule has 1 aromatic carbocycles. The van der Waals surface area contributed by atoms with Gasteiger partial charge in [0.2, 0.25) is 5.91 Å². The molecule has 1 saturated heterocycles. The number of carbonyl (C=O) groups is 2. The van der Waals surface area contributed by atoms with Crippen molar-refractivity contribution >= 4 is 23.2 Å². The van der Waals surface area contributed by atoms with Crippen molar-refractivity contribution in [2.75, 3.05) is 26.2 Å². The third-order valence-electron chi connectivity index (χ3n) is 5.37. The Morgan fingerprint density at radius 3 is 2.34 bits per heavy atom. The number of thiophene rings is 1. The monoisotopic (exact) mass is 413 g/mol. The lowest BCUT2D eigenvalue weighted by molar-refractivity contribution is -0.120. The zero-order valence-corrected chi connectivity index (χ0v) is 18.3. The minimum atomic E-state index is -0.227. The van der Waals surface area contributed by atoms with Crippen LogP contribution in [0.25, 0.3) is 0 Å².